The van der Waals surface area contributed by atoms with Crippen LogP contribution in [0.5, 0.6) is 11.5 Å². The van der Waals surface area contributed by atoms with Crippen molar-refractivity contribution in [2.75, 3.05) is 6.54 Å². The van der Waals surface area contributed by atoms with Gasteiger partial charge in [0.25, 0.3) is 0 Å². The molecule has 0 saturated carbocycles. The number of hydrogen-bond donors (Lipinski definition) is 1. The first kappa shape index (κ1) is 15.0. The van der Waals surface area contributed by atoms with Crippen LogP contribution < -0.4 is 10.1 Å². The number of aryl methyl sites for hydroxylation is 1. The molecule has 2 nitrogen and oxygen atoms in total. The minimum Gasteiger partial charge on any atom is -0.454 e. The van der Waals surface area contributed by atoms with Gasteiger partial charge in [-0.3, -0.25) is 0 Å². The van der Waals surface area contributed by atoms with Crippen molar-refractivity contribution in [3.05, 3.63) is 57.8 Å². The predicted octanol–water partition coefficient (Wildman–Crippen LogP) is 4.80. The summed E-state index contributed by atoms with van der Waals surface area (Å²) in [7, 11) is 0. The van der Waals surface area contributed by atoms with Crippen molar-refractivity contribution in [1.29, 1.82) is 0 Å². The number of halogens is 2. The molecule has 2 aromatic carbocycles. The van der Waals surface area contributed by atoms with E-state index in [1.165, 1.54) is 11.6 Å². The van der Waals surface area contributed by atoms with Crippen molar-refractivity contribution >= 4 is 15.9 Å². The number of nitrogens with one attached hydrogen (secondary N) is 1. The van der Waals surface area contributed by atoms with Gasteiger partial charge >= 0.3 is 0 Å². The van der Waals surface area contributed by atoms with Crippen LogP contribution in [0.4, 0.5) is 4.39 Å². The lowest BCUT2D eigenvalue weighted by molar-refractivity contribution is 0.441. The van der Waals surface area contributed by atoms with Gasteiger partial charge in [-0.1, -0.05) is 28.9 Å². The van der Waals surface area contributed by atoms with Gasteiger partial charge in [-0.2, -0.15) is 0 Å². The Kier molecular flexibility index (Phi) is 5.15. The van der Waals surface area contributed by atoms with E-state index in [9.17, 15) is 4.39 Å². The zero-order chi connectivity index (χ0) is 14.5. The highest BCUT2D eigenvalue weighted by Gasteiger charge is 2.07. The molecule has 0 unspecified atom stereocenters. The van der Waals surface area contributed by atoms with Gasteiger partial charge in [0.15, 0.2) is 11.6 Å². The van der Waals surface area contributed by atoms with Crippen LogP contribution in [0, 0.1) is 12.7 Å². The van der Waals surface area contributed by atoms with E-state index in [4.69, 9.17) is 4.74 Å². The lowest BCUT2D eigenvalue weighted by Gasteiger charge is -2.11. The van der Waals surface area contributed by atoms with Gasteiger partial charge < -0.3 is 10.1 Å². The van der Waals surface area contributed by atoms with E-state index in [-0.39, 0.29) is 11.6 Å². The Hall–Kier alpha value is -1.39. The van der Waals surface area contributed by atoms with Crippen LogP contribution in [-0.4, -0.2) is 6.54 Å². The topological polar surface area (TPSA) is 21.3 Å². The van der Waals surface area contributed by atoms with E-state index in [1.54, 1.807) is 12.1 Å². The Bertz CT molecular complexity index is 601. The number of rotatable bonds is 5. The summed E-state index contributed by atoms with van der Waals surface area (Å²) in [4.78, 5) is 0. The molecule has 0 aliphatic carbocycles. The lowest BCUT2D eigenvalue weighted by atomic mass is 10.1. The van der Waals surface area contributed by atoms with E-state index in [1.807, 2.05) is 25.1 Å². The summed E-state index contributed by atoms with van der Waals surface area (Å²) < 4.78 is 20.0. The molecule has 2 rings (SSSR count). The van der Waals surface area contributed by atoms with E-state index in [0.717, 1.165) is 23.1 Å². The van der Waals surface area contributed by atoms with Gasteiger partial charge in [0.05, 0.1) is 0 Å². The van der Waals surface area contributed by atoms with E-state index in [0.29, 0.717) is 5.75 Å². The molecule has 0 atom stereocenters. The minimum absolute atomic E-state index is 0.221. The van der Waals surface area contributed by atoms with Crippen LogP contribution >= 0.6 is 15.9 Å². The second-order valence-corrected chi connectivity index (χ2v) is 5.46. The smallest absolute Gasteiger partial charge is 0.165 e. The number of hydrogen-bond acceptors (Lipinski definition) is 2. The molecule has 106 valence electrons. The first-order chi connectivity index (χ1) is 9.60. The quantitative estimate of drug-likeness (QED) is 0.846. The first-order valence-corrected chi connectivity index (χ1v) is 7.32. The molecule has 0 radical (unpaired) electrons. The van der Waals surface area contributed by atoms with Gasteiger partial charge in [-0.25, -0.2) is 4.39 Å². The third-order valence-corrected chi connectivity index (χ3v) is 3.49. The zero-order valence-electron chi connectivity index (χ0n) is 11.5. The maximum atomic E-state index is 13.6. The Labute approximate surface area is 127 Å². The Morgan fingerprint density at radius 3 is 2.70 bits per heavy atom. The van der Waals surface area contributed by atoms with Gasteiger partial charge in [0.1, 0.15) is 5.75 Å². The third kappa shape index (κ3) is 3.81. The number of ether oxygens (including phenoxy) is 1. The summed E-state index contributed by atoms with van der Waals surface area (Å²) in [6.45, 7) is 5.86. The molecule has 4 heteroatoms. The van der Waals surface area contributed by atoms with Gasteiger partial charge in [0, 0.05) is 11.0 Å². The third-order valence-electron chi connectivity index (χ3n) is 3.00. The Morgan fingerprint density at radius 1 is 1.20 bits per heavy atom. The summed E-state index contributed by atoms with van der Waals surface area (Å²) >= 11 is 3.31. The average molecular weight is 338 g/mol. The van der Waals surface area contributed by atoms with Crippen LogP contribution in [0.2, 0.25) is 0 Å². The van der Waals surface area contributed by atoms with Crippen molar-refractivity contribution in [2.45, 2.75) is 20.4 Å². The van der Waals surface area contributed by atoms with Gasteiger partial charge in [0.2, 0.25) is 0 Å². The van der Waals surface area contributed by atoms with Crippen molar-refractivity contribution in [1.82, 2.24) is 5.32 Å². The normalized spacial score (nSPS) is 10.6. The molecule has 0 heterocycles. The second-order valence-electron chi connectivity index (χ2n) is 4.55. The Morgan fingerprint density at radius 2 is 2.00 bits per heavy atom. The molecule has 20 heavy (non-hydrogen) atoms. The van der Waals surface area contributed by atoms with Crippen LogP contribution in [0.15, 0.2) is 40.9 Å². The molecular formula is C16H17BrFNO. The van der Waals surface area contributed by atoms with Crippen LogP contribution in [0.25, 0.3) is 0 Å². The summed E-state index contributed by atoms with van der Waals surface area (Å²) in [6.07, 6.45) is 0. The molecule has 1 N–H and O–H groups in total. The standard InChI is InChI=1S/C16H17BrFNO/c1-3-19-10-12-4-6-14(8-11(12)2)20-16-9-13(17)5-7-15(16)18/h4-9,19H,3,10H2,1-2H3. The highest BCUT2D eigenvalue weighted by molar-refractivity contribution is 9.10. The lowest BCUT2D eigenvalue weighted by Crippen LogP contribution is -2.12. The van der Waals surface area contributed by atoms with Crippen molar-refractivity contribution in [3.63, 3.8) is 0 Å². The highest BCUT2D eigenvalue weighted by atomic mass is 79.9. The Balaban J connectivity index is 2.17. The molecular weight excluding hydrogens is 321 g/mol. The summed E-state index contributed by atoms with van der Waals surface area (Å²) in [5.74, 6) is 0.487. The van der Waals surface area contributed by atoms with Crippen LogP contribution in [-0.2, 0) is 6.54 Å². The molecule has 0 aromatic heterocycles. The van der Waals surface area contributed by atoms with Crippen molar-refractivity contribution < 1.29 is 9.13 Å². The van der Waals surface area contributed by atoms with Gasteiger partial charge in [-0.05, 0) is 54.9 Å². The van der Waals surface area contributed by atoms with Crippen molar-refractivity contribution in [2.24, 2.45) is 0 Å². The average Bonchev–Trinajstić information content (AvgIpc) is 2.42. The van der Waals surface area contributed by atoms with E-state index in [2.05, 4.69) is 28.2 Å². The van der Waals surface area contributed by atoms with Crippen LogP contribution in [0.3, 0.4) is 0 Å². The zero-order valence-corrected chi connectivity index (χ0v) is 13.1. The van der Waals surface area contributed by atoms with Crippen LogP contribution in [0.1, 0.15) is 18.1 Å². The van der Waals surface area contributed by atoms with E-state index >= 15 is 0 Å². The fourth-order valence-electron chi connectivity index (χ4n) is 1.87. The maximum Gasteiger partial charge on any atom is 0.165 e. The number of benzene rings is 2. The molecule has 0 bridgehead atoms. The molecule has 0 fully saturated rings. The monoisotopic (exact) mass is 337 g/mol. The molecule has 0 amide bonds. The molecule has 0 aliphatic rings. The highest BCUT2D eigenvalue weighted by Crippen LogP contribution is 2.28. The fourth-order valence-corrected chi connectivity index (χ4v) is 2.21. The van der Waals surface area contributed by atoms with E-state index < -0.39 is 0 Å². The summed E-state index contributed by atoms with van der Waals surface area (Å²) in [5, 5.41) is 3.28. The molecule has 2 aromatic rings. The largest absolute Gasteiger partial charge is 0.454 e. The molecule has 0 spiro atoms. The first-order valence-electron chi connectivity index (χ1n) is 6.53. The summed E-state index contributed by atoms with van der Waals surface area (Å²) in [5.41, 5.74) is 2.34. The maximum absolute atomic E-state index is 13.6. The van der Waals surface area contributed by atoms with Crippen molar-refractivity contribution in [3.8, 4) is 11.5 Å². The van der Waals surface area contributed by atoms with Gasteiger partial charge in [-0.15, -0.1) is 0 Å². The molecule has 0 saturated heterocycles. The fraction of sp³-hybridized carbons (Fsp3) is 0.250. The predicted molar refractivity (Wildman–Crippen MR) is 82.7 cm³/mol. The minimum atomic E-state index is -0.373. The SMILES string of the molecule is CCNCc1ccc(Oc2cc(Br)ccc2F)cc1C. The summed E-state index contributed by atoms with van der Waals surface area (Å²) in [6, 6.07) is 10.4. The second kappa shape index (κ2) is 6.86. The molecule has 0 aliphatic heterocycles.